The number of esters is 1. The van der Waals surface area contributed by atoms with Crippen LogP contribution in [-0.2, 0) is 9.53 Å². The van der Waals surface area contributed by atoms with Crippen molar-refractivity contribution >= 4 is 17.7 Å². The van der Waals surface area contributed by atoms with E-state index in [1.807, 2.05) is 0 Å². The molecule has 0 aromatic heterocycles. The number of hydrogen-bond donors (Lipinski definition) is 0. The number of ether oxygens (including phenoxy) is 1. The van der Waals surface area contributed by atoms with Crippen molar-refractivity contribution in [2.45, 2.75) is 94.5 Å². The van der Waals surface area contributed by atoms with E-state index in [-0.39, 0.29) is 11.2 Å². The molecule has 0 spiro atoms. The summed E-state index contributed by atoms with van der Waals surface area (Å²) >= 11 is 1.78. The van der Waals surface area contributed by atoms with Crippen molar-refractivity contribution in [1.29, 1.82) is 0 Å². The highest BCUT2D eigenvalue weighted by Gasteiger charge is 2.44. The molecular weight excluding hydrogens is 268 g/mol. The Morgan fingerprint density at radius 1 is 0.900 bits per heavy atom. The van der Waals surface area contributed by atoms with E-state index < -0.39 is 0 Å². The average molecular weight is 301 g/mol. The minimum absolute atomic E-state index is 0.0249. The normalized spacial score (nSPS) is 20.9. The lowest BCUT2D eigenvalue weighted by molar-refractivity contribution is -0.139. The van der Waals surface area contributed by atoms with Gasteiger partial charge in [0.25, 0.3) is 0 Å². The van der Waals surface area contributed by atoms with E-state index in [1.54, 1.807) is 11.8 Å². The predicted molar refractivity (Wildman–Crippen MR) is 88.3 cm³/mol. The molecule has 0 saturated carbocycles. The molecule has 3 heteroatoms. The molecule has 1 heterocycles. The van der Waals surface area contributed by atoms with Crippen molar-refractivity contribution in [1.82, 2.24) is 0 Å². The Hall–Kier alpha value is -0.180. The number of thioether (sulfide) groups is 1. The minimum Gasteiger partial charge on any atom is -0.468 e. The summed E-state index contributed by atoms with van der Waals surface area (Å²) in [6, 6.07) is 0. The van der Waals surface area contributed by atoms with E-state index in [4.69, 9.17) is 4.74 Å². The smallest absolute Gasteiger partial charge is 0.319 e. The van der Waals surface area contributed by atoms with Crippen LogP contribution in [0.15, 0.2) is 0 Å². The molecule has 0 aliphatic carbocycles. The fraction of sp³-hybridized carbons (Fsp3) is 0.941. The highest BCUT2D eigenvalue weighted by Crippen LogP contribution is 2.45. The lowest BCUT2D eigenvalue weighted by Crippen LogP contribution is -2.10. The summed E-state index contributed by atoms with van der Waals surface area (Å²) in [6.45, 7) is 2.27. The fourth-order valence-corrected chi connectivity index (χ4v) is 3.74. The number of rotatable bonds is 13. The van der Waals surface area contributed by atoms with Gasteiger partial charge in [-0.1, -0.05) is 77.6 Å². The van der Waals surface area contributed by atoms with Crippen LogP contribution < -0.4 is 0 Å². The van der Waals surface area contributed by atoms with Gasteiger partial charge in [-0.05, 0) is 6.42 Å². The standard InChI is InChI=1S/C17H32O2S/c1-3-4-5-6-7-8-9-10-11-12-13-14-15-16(20-15)17(18)19-2/h15-16H,3-14H2,1-2H3. The third-order valence-corrected chi connectivity index (χ3v) is 5.47. The largest absolute Gasteiger partial charge is 0.468 e. The Kier molecular flexibility index (Phi) is 10.3. The molecule has 1 fully saturated rings. The zero-order valence-electron chi connectivity index (χ0n) is 13.4. The molecular formula is C17H32O2S. The van der Waals surface area contributed by atoms with Gasteiger partial charge in [0.1, 0.15) is 5.25 Å². The van der Waals surface area contributed by atoms with Crippen LogP contribution in [0.3, 0.4) is 0 Å². The topological polar surface area (TPSA) is 26.3 Å². The second-order valence-electron chi connectivity index (χ2n) is 5.94. The van der Waals surface area contributed by atoms with E-state index in [2.05, 4.69) is 6.92 Å². The van der Waals surface area contributed by atoms with Gasteiger partial charge in [0.05, 0.1) is 7.11 Å². The summed E-state index contributed by atoms with van der Waals surface area (Å²) in [6.07, 6.45) is 16.5. The van der Waals surface area contributed by atoms with Gasteiger partial charge in [0, 0.05) is 5.25 Å². The molecule has 2 nitrogen and oxygen atoms in total. The van der Waals surface area contributed by atoms with Crippen molar-refractivity contribution in [3.8, 4) is 0 Å². The van der Waals surface area contributed by atoms with Crippen molar-refractivity contribution in [3.05, 3.63) is 0 Å². The highest BCUT2D eigenvalue weighted by atomic mass is 32.2. The first-order chi connectivity index (χ1) is 9.79. The Bertz CT molecular complexity index is 255. The van der Waals surface area contributed by atoms with Crippen LogP contribution in [0.25, 0.3) is 0 Å². The van der Waals surface area contributed by atoms with Gasteiger partial charge in [-0.2, -0.15) is 0 Å². The van der Waals surface area contributed by atoms with Gasteiger partial charge in [-0.15, -0.1) is 11.8 Å². The minimum atomic E-state index is -0.0249. The summed E-state index contributed by atoms with van der Waals surface area (Å²) in [5, 5.41) is 0.712. The average Bonchev–Trinajstić information content (AvgIpc) is 3.23. The van der Waals surface area contributed by atoms with Crippen LogP contribution >= 0.6 is 11.8 Å². The summed E-state index contributed by atoms with van der Waals surface area (Å²) in [5.41, 5.74) is 0. The summed E-state index contributed by atoms with van der Waals surface area (Å²) < 4.78 is 4.75. The van der Waals surface area contributed by atoms with Crippen LogP contribution in [0, 0.1) is 0 Å². The van der Waals surface area contributed by atoms with Crippen molar-refractivity contribution < 1.29 is 9.53 Å². The summed E-state index contributed by atoms with van der Waals surface area (Å²) in [7, 11) is 1.49. The number of carbonyl (C=O) groups is 1. The molecule has 0 aromatic carbocycles. The molecule has 1 saturated heterocycles. The molecule has 1 rings (SSSR count). The third-order valence-electron chi connectivity index (χ3n) is 4.11. The highest BCUT2D eigenvalue weighted by molar-refractivity contribution is 8.08. The Labute approximate surface area is 129 Å². The quantitative estimate of drug-likeness (QED) is 0.261. The maximum absolute atomic E-state index is 11.2. The van der Waals surface area contributed by atoms with Crippen molar-refractivity contribution in [3.63, 3.8) is 0 Å². The van der Waals surface area contributed by atoms with Crippen LogP contribution in [-0.4, -0.2) is 23.6 Å². The van der Waals surface area contributed by atoms with Crippen LogP contribution in [0.1, 0.15) is 84.0 Å². The lowest BCUT2D eigenvalue weighted by Gasteiger charge is -2.02. The van der Waals surface area contributed by atoms with Crippen molar-refractivity contribution in [2.75, 3.05) is 7.11 Å². The van der Waals surface area contributed by atoms with Gasteiger partial charge >= 0.3 is 5.97 Å². The maximum Gasteiger partial charge on any atom is 0.319 e. The van der Waals surface area contributed by atoms with E-state index in [0.717, 1.165) is 0 Å². The Balaban J connectivity index is 1.75. The molecule has 0 radical (unpaired) electrons. The van der Waals surface area contributed by atoms with Gasteiger partial charge in [0.2, 0.25) is 0 Å². The molecule has 0 bridgehead atoms. The number of carbonyl (C=O) groups excluding carboxylic acids is 1. The molecule has 0 amide bonds. The van der Waals surface area contributed by atoms with Gasteiger partial charge in [-0.3, -0.25) is 4.79 Å². The number of methoxy groups -OCH3 is 1. The third kappa shape index (κ3) is 8.18. The van der Waals surface area contributed by atoms with Gasteiger partial charge < -0.3 is 4.74 Å². The second-order valence-corrected chi connectivity index (χ2v) is 7.33. The molecule has 1 aliphatic heterocycles. The Morgan fingerprint density at radius 3 is 1.90 bits per heavy atom. The van der Waals surface area contributed by atoms with Gasteiger partial charge in [0.15, 0.2) is 0 Å². The van der Waals surface area contributed by atoms with Gasteiger partial charge in [-0.25, -0.2) is 0 Å². The molecule has 1 aliphatic rings. The van der Waals surface area contributed by atoms with E-state index >= 15 is 0 Å². The lowest BCUT2D eigenvalue weighted by atomic mass is 10.0. The van der Waals surface area contributed by atoms with Crippen LogP contribution in [0.2, 0.25) is 0 Å². The first-order valence-electron chi connectivity index (χ1n) is 8.53. The summed E-state index contributed by atoms with van der Waals surface area (Å²) in [5.74, 6) is -0.0249. The first-order valence-corrected chi connectivity index (χ1v) is 9.47. The zero-order chi connectivity index (χ0) is 14.6. The zero-order valence-corrected chi connectivity index (χ0v) is 14.2. The molecule has 0 N–H and O–H groups in total. The number of unbranched alkanes of at least 4 members (excludes halogenated alkanes) is 10. The number of hydrogen-bond acceptors (Lipinski definition) is 3. The second kappa shape index (κ2) is 11.5. The maximum atomic E-state index is 11.2. The van der Waals surface area contributed by atoms with Crippen LogP contribution in [0.4, 0.5) is 0 Å². The van der Waals surface area contributed by atoms with E-state index in [0.29, 0.717) is 5.25 Å². The first kappa shape index (κ1) is 17.9. The molecule has 0 aromatic rings. The van der Waals surface area contributed by atoms with Crippen LogP contribution in [0.5, 0.6) is 0 Å². The molecule has 20 heavy (non-hydrogen) atoms. The Morgan fingerprint density at radius 2 is 1.40 bits per heavy atom. The van der Waals surface area contributed by atoms with E-state index in [9.17, 15) is 4.79 Å². The SMILES string of the molecule is CCCCCCCCCCCCCC1SC1C(=O)OC. The monoisotopic (exact) mass is 300 g/mol. The molecule has 118 valence electrons. The molecule has 2 unspecified atom stereocenters. The fourth-order valence-electron chi connectivity index (χ4n) is 2.70. The molecule has 2 atom stereocenters. The predicted octanol–water partition coefficient (Wildman–Crippen LogP) is 5.34. The summed E-state index contributed by atoms with van der Waals surface area (Å²) in [4.78, 5) is 11.2. The van der Waals surface area contributed by atoms with E-state index in [1.165, 1.54) is 84.2 Å². The van der Waals surface area contributed by atoms with Crippen molar-refractivity contribution in [2.24, 2.45) is 0 Å².